The third-order valence-corrected chi connectivity index (χ3v) is 3.49. The van der Waals surface area contributed by atoms with Crippen LogP contribution in [-0.2, 0) is 20.0 Å². The van der Waals surface area contributed by atoms with E-state index >= 15 is 0 Å². The molecule has 0 aliphatic carbocycles. The summed E-state index contributed by atoms with van der Waals surface area (Å²) in [5.41, 5.74) is 0.959. The Kier molecular flexibility index (Phi) is 4.16. The van der Waals surface area contributed by atoms with Crippen molar-refractivity contribution >= 4 is 23.2 Å². The summed E-state index contributed by atoms with van der Waals surface area (Å²) in [6.45, 7) is 2.53. The molecule has 19 heavy (non-hydrogen) atoms. The van der Waals surface area contributed by atoms with Gasteiger partial charge in [0.15, 0.2) is 0 Å². The molecule has 0 unspecified atom stereocenters. The number of nitrogens with zero attached hydrogens (tertiary/aromatic N) is 4. The van der Waals surface area contributed by atoms with E-state index < -0.39 is 0 Å². The third kappa shape index (κ3) is 3.31. The highest BCUT2D eigenvalue weighted by atomic mass is 32.1. The van der Waals surface area contributed by atoms with Gasteiger partial charge >= 0.3 is 6.03 Å². The van der Waals surface area contributed by atoms with E-state index in [-0.39, 0.29) is 6.03 Å². The molecule has 0 aliphatic rings. The predicted octanol–water partition coefficient (Wildman–Crippen LogP) is 2.10. The number of anilines is 1. The van der Waals surface area contributed by atoms with Crippen molar-refractivity contribution in [1.29, 1.82) is 0 Å². The van der Waals surface area contributed by atoms with Crippen molar-refractivity contribution in [3.63, 3.8) is 0 Å². The summed E-state index contributed by atoms with van der Waals surface area (Å²) in [5.74, 6) is 0.702. The van der Waals surface area contributed by atoms with E-state index in [1.807, 2.05) is 25.4 Å². The van der Waals surface area contributed by atoms with Gasteiger partial charge in [-0.05, 0) is 6.42 Å². The average molecular weight is 279 g/mol. The molecule has 0 saturated heterocycles. The zero-order chi connectivity index (χ0) is 13.8. The quantitative estimate of drug-likeness (QED) is 0.932. The molecular formula is C12H17N5OS. The van der Waals surface area contributed by atoms with Crippen molar-refractivity contribution in [3.05, 3.63) is 28.3 Å². The van der Waals surface area contributed by atoms with Crippen molar-refractivity contribution in [2.24, 2.45) is 7.05 Å². The minimum absolute atomic E-state index is 0.166. The SMILES string of the molecule is CCc1cc(NC(=O)N(C)Cc2nccs2)n(C)n1. The van der Waals surface area contributed by atoms with Gasteiger partial charge < -0.3 is 4.90 Å². The van der Waals surface area contributed by atoms with Crippen LogP contribution < -0.4 is 5.32 Å². The van der Waals surface area contributed by atoms with Crippen molar-refractivity contribution in [3.8, 4) is 0 Å². The Bertz CT molecular complexity index is 548. The highest BCUT2D eigenvalue weighted by molar-refractivity contribution is 7.09. The van der Waals surface area contributed by atoms with E-state index in [2.05, 4.69) is 15.4 Å². The second-order valence-electron chi connectivity index (χ2n) is 4.21. The molecule has 2 amide bonds. The highest BCUT2D eigenvalue weighted by Gasteiger charge is 2.13. The van der Waals surface area contributed by atoms with Crippen LogP contribution in [0.15, 0.2) is 17.6 Å². The summed E-state index contributed by atoms with van der Waals surface area (Å²) in [6, 6.07) is 1.72. The number of rotatable bonds is 4. The number of hydrogen-bond acceptors (Lipinski definition) is 4. The molecule has 0 saturated carbocycles. The Morgan fingerprint density at radius 2 is 2.37 bits per heavy atom. The van der Waals surface area contributed by atoms with E-state index in [9.17, 15) is 4.79 Å². The Labute approximate surface area is 116 Å². The standard InChI is InChI=1S/C12H17N5OS/c1-4-9-7-10(17(3)15-9)14-12(18)16(2)8-11-13-5-6-19-11/h5-7H,4,8H2,1-3H3,(H,14,18). The third-order valence-electron chi connectivity index (χ3n) is 2.73. The Morgan fingerprint density at radius 3 is 2.95 bits per heavy atom. The normalized spacial score (nSPS) is 10.5. The molecule has 0 fully saturated rings. The topological polar surface area (TPSA) is 63.1 Å². The molecule has 0 aliphatic heterocycles. The lowest BCUT2D eigenvalue weighted by atomic mass is 10.3. The highest BCUT2D eigenvalue weighted by Crippen LogP contribution is 2.12. The summed E-state index contributed by atoms with van der Waals surface area (Å²) in [6.07, 6.45) is 2.58. The Morgan fingerprint density at radius 1 is 1.58 bits per heavy atom. The van der Waals surface area contributed by atoms with Crippen LogP contribution in [-0.4, -0.2) is 32.7 Å². The molecule has 2 aromatic heterocycles. The van der Waals surface area contributed by atoms with Crippen molar-refractivity contribution in [2.45, 2.75) is 19.9 Å². The van der Waals surface area contributed by atoms with E-state index in [1.165, 1.54) is 11.3 Å². The molecule has 7 heteroatoms. The lowest BCUT2D eigenvalue weighted by Gasteiger charge is -2.16. The molecule has 2 aromatic rings. The summed E-state index contributed by atoms with van der Waals surface area (Å²) in [4.78, 5) is 17.8. The van der Waals surface area contributed by atoms with E-state index in [4.69, 9.17) is 0 Å². The molecule has 102 valence electrons. The maximum atomic E-state index is 12.0. The molecule has 1 N–H and O–H groups in total. The van der Waals surface area contributed by atoms with E-state index in [1.54, 1.807) is 22.8 Å². The van der Waals surface area contributed by atoms with E-state index in [0.717, 1.165) is 17.1 Å². The van der Waals surface area contributed by atoms with Gasteiger partial charge in [-0.15, -0.1) is 11.3 Å². The summed E-state index contributed by atoms with van der Waals surface area (Å²) in [5, 5.41) is 9.94. The van der Waals surface area contributed by atoms with Crippen molar-refractivity contribution in [2.75, 3.05) is 12.4 Å². The first-order chi connectivity index (χ1) is 9.10. The van der Waals surface area contributed by atoms with Gasteiger partial charge in [0.2, 0.25) is 0 Å². The maximum Gasteiger partial charge on any atom is 0.323 e. The molecule has 6 nitrogen and oxygen atoms in total. The molecule has 2 rings (SSSR count). The largest absolute Gasteiger partial charge is 0.323 e. The van der Waals surface area contributed by atoms with Crippen LogP contribution in [0.3, 0.4) is 0 Å². The Balaban J connectivity index is 1.98. The van der Waals surface area contributed by atoms with Crippen molar-refractivity contribution < 1.29 is 4.79 Å². The number of hydrogen-bond donors (Lipinski definition) is 1. The van der Waals surface area contributed by atoms with Crippen LogP contribution in [0.4, 0.5) is 10.6 Å². The van der Waals surface area contributed by atoms with Crippen molar-refractivity contribution in [1.82, 2.24) is 19.7 Å². The summed E-state index contributed by atoms with van der Waals surface area (Å²) in [7, 11) is 3.56. The second-order valence-corrected chi connectivity index (χ2v) is 5.19. The monoisotopic (exact) mass is 279 g/mol. The van der Waals surface area contributed by atoms with Gasteiger partial charge in [0.1, 0.15) is 10.8 Å². The zero-order valence-corrected chi connectivity index (χ0v) is 12.1. The van der Waals surface area contributed by atoms with Gasteiger partial charge in [0, 0.05) is 31.7 Å². The number of urea groups is 1. The van der Waals surface area contributed by atoms with E-state index in [0.29, 0.717) is 12.4 Å². The molecule has 0 radical (unpaired) electrons. The minimum atomic E-state index is -0.166. The van der Waals surface area contributed by atoms with Crippen LogP contribution in [0, 0.1) is 0 Å². The molecule has 0 aromatic carbocycles. The predicted molar refractivity (Wildman–Crippen MR) is 75.2 cm³/mol. The average Bonchev–Trinajstić information content (AvgIpc) is 3.00. The number of carbonyl (C=O) groups excluding carboxylic acids is 1. The Hall–Kier alpha value is -1.89. The number of aromatic nitrogens is 3. The summed E-state index contributed by atoms with van der Waals surface area (Å²) >= 11 is 1.54. The lowest BCUT2D eigenvalue weighted by molar-refractivity contribution is 0.220. The molecule has 2 heterocycles. The smallest absolute Gasteiger partial charge is 0.321 e. The van der Waals surface area contributed by atoms with Crippen LogP contribution >= 0.6 is 11.3 Å². The van der Waals surface area contributed by atoms with Gasteiger partial charge in [0.25, 0.3) is 0 Å². The van der Waals surface area contributed by atoms with Gasteiger partial charge in [-0.25, -0.2) is 9.78 Å². The second kappa shape index (κ2) is 5.83. The van der Waals surface area contributed by atoms with Crippen LogP contribution in [0.5, 0.6) is 0 Å². The first-order valence-electron chi connectivity index (χ1n) is 6.03. The lowest BCUT2D eigenvalue weighted by Crippen LogP contribution is -2.31. The van der Waals surface area contributed by atoms with Gasteiger partial charge in [-0.3, -0.25) is 10.00 Å². The number of carbonyl (C=O) groups is 1. The minimum Gasteiger partial charge on any atom is -0.321 e. The van der Waals surface area contributed by atoms with Crippen LogP contribution in [0.2, 0.25) is 0 Å². The number of amides is 2. The first-order valence-corrected chi connectivity index (χ1v) is 6.91. The van der Waals surface area contributed by atoms with Crippen LogP contribution in [0.25, 0.3) is 0 Å². The summed E-state index contributed by atoms with van der Waals surface area (Å²) < 4.78 is 1.67. The number of thiazole rings is 1. The molecule has 0 spiro atoms. The van der Waals surface area contributed by atoms with Gasteiger partial charge in [-0.1, -0.05) is 6.92 Å². The molecule has 0 bridgehead atoms. The first kappa shape index (κ1) is 13.5. The fourth-order valence-electron chi connectivity index (χ4n) is 1.63. The maximum absolute atomic E-state index is 12.0. The van der Waals surface area contributed by atoms with Gasteiger partial charge in [-0.2, -0.15) is 5.10 Å². The fourth-order valence-corrected chi connectivity index (χ4v) is 2.30. The molecular weight excluding hydrogens is 262 g/mol. The van der Waals surface area contributed by atoms with Crippen LogP contribution in [0.1, 0.15) is 17.6 Å². The number of nitrogens with one attached hydrogen (secondary N) is 1. The molecule has 0 atom stereocenters. The van der Waals surface area contributed by atoms with Gasteiger partial charge in [0.05, 0.1) is 12.2 Å². The zero-order valence-electron chi connectivity index (χ0n) is 11.3. The fraction of sp³-hybridized carbons (Fsp3) is 0.417. The number of aryl methyl sites for hydroxylation is 2.